The van der Waals surface area contributed by atoms with Crippen molar-refractivity contribution in [3.63, 3.8) is 0 Å². The molecule has 0 saturated carbocycles. The van der Waals surface area contributed by atoms with Crippen molar-refractivity contribution in [2.75, 3.05) is 0 Å². The lowest BCUT2D eigenvalue weighted by atomic mass is 9.95. The monoisotopic (exact) mass is 257 g/mol. The maximum Gasteiger partial charge on any atom is 0.0890 e. The number of fused-ring (bicyclic) bond motifs is 1. The normalized spacial score (nSPS) is 13.1. The first-order valence-corrected chi connectivity index (χ1v) is 7.18. The molecule has 1 unspecified atom stereocenters. The molecule has 0 bridgehead atoms. The van der Waals surface area contributed by atoms with Gasteiger partial charge in [-0.25, -0.2) is 4.98 Å². The maximum absolute atomic E-state index is 4.63. The molecular formula is C16H23N3. The molecule has 2 rings (SSSR count). The molecule has 3 heteroatoms. The van der Waals surface area contributed by atoms with Gasteiger partial charge in [0.1, 0.15) is 0 Å². The van der Waals surface area contributed by atoms with Crippen molar-refractivity contribution in [1.29, 1.82) is 0 Å². The highest BCUT2D eigenvalue weighted by molar-refractivity contribution is 5.73. The van der Waals surface area contributed by atoms with E-state index in [0.29, 0.717) is 6.04 Å². The Balaban J connectivity index is 2.01. The van der Waals surface area contributed by atoms with Gasteiger partial charge in [-0.2, -0.15) is 0 Å². The van der Waals surface area contributed by atoms with Gasteiger partial charge in [0.25, 0.3) is 0 Å². The van der Waals surface area contributed by atoms with Crippen LogP contribution in [0.25, 0.3) is 11.0 Å². The van der Waals surface area contributed by atoms with Crippen LogP contribution in [0.2, 0.25) is 0 Å². The molecule has 1 aromatic carbocycles. The second-order valence-electron chi connectivity index (χ2n) is 5.10. The summed E-state index contributed by atoms with van der Waals surface area (Å²) in [6.45, 7) is 7.55. The van der Waals surface area contributed by atoms with E-state index in [4.69, 9.17) is 0 Å². The number of benzene rings is 1. The van der Waals surface area contributed by atoms with Gasteiger partial charge in [0, 0.05) is 12.6 Å². The topological polar surface area (TPSA) is 37.8 Å². The Labute approximate surface area is 115 Å². The quantitative estimate of drug-likeness (QED) is 0.860. The summed E-state index contributed by atoms with van der Waals surface area (Å²) in [5, 5.41) is 3.56. The van der Waals surface area contributed by atoms with E-state index in [-0.39, 0.29) is 0 Å². The van der Waals surface area contributed by atoms with E-state index in [0.717, 1.165) is 29.2 Å². The van der Waals surface area contributed by atoms with Crippen LogP contribution in [0.15, 0.2) is 30.5 Å². The number of nitrogens with zero attached hydrogens (tertiary/aromatic N) is 2. The summed E-state index contributed by atoms with van der Waals surface area (Å²) in [7, 11) is 0. The molecule has 0 aliphatic carbocycles. The average Bonchev–Trinajstić information content (AvgIpc) is 2.46. The molecule has 1 atom stereocenters. The molecule has 1 aromatic heterocycles. The molecule has 1 N–H and O–H groups in total. The van der Waals surface area contributed by atoms with Gasteiger partial charge in [0.2, 0.25) is 0 Å². The Hall–Kier alpha value is -1.48. The summed E-state index contributed by atoms with van der Waals surface area (Å²) >= 11 is 0. The number of nitrogens with one attached hydrogen (secondary N) is 1. The molecule has 1 heterocycles. The minimum atomic E-state index is 0.517. The van der Waals surface area contributed by atoms with Crippen LogP contribution in [-0.2, 0) is 6.54 Å². The van der Waals surface area contributed by atoms with Gasteiger partial charge in [0.15, 0.2) is 0 Å². The lowest BCUT2D eigenvalue weighted by molar-refractivity contribution is 0.352. The van der Waals surface area contributed by atoms with Crippen molar-refractivity contribution in [2.24, 2.45) is 5.92 Å². The first-order chi connectivity index (χ1) is 9.24. The molecule has 0 fully saturated rings. The van der Waals surface area contributed by atoms with Crippen molar-refractivity contribution in [3.05, 3.63) is 36.2 Å². The molecule has 2 aromatic rings. The predicted octanol–water partition coefficient (Wildman–Crippen LogP) is 3.54. The second-order valence-corrected chi connectivity index (χ2v) is 5.10. The van der Waals surface area contributed by atoms with E-state index in [1.54, 1.807) is 0 Å². The van der Waals surface area contributed by atoms with E-state index in [2.05, 4.69) is 36.1 Å². The third-order valence-corrected chi connectivity index (χ3v) is 3.86. The van der Waals surface area contributed by atoms with Crippen LogP contribution < -0.4 is 5.32 Å². The molecule has 19 heavy (non-hydrogen) atoms. The van der Waals surface area contributed by atoms with Crippen molar-refractivity contribution >= 4 is 11.0 Å². The summed E-state index contributed by atoms with van der Waals surface area (Å²) in [4.78, 5) is 9.07. The Kier molecular flexibility index (Phi) is 4.86. The van der Waals surface area contributed by atoms with E-state index in [1.165, 1.54) is 12.8 Å². The van der Waals surface area contributed by atoms with Gasteiger partial charge in [-0.05, 0) is 25.0 Å². The fourth-order valence-electron chi connectivity index (χ4n) is 2.51. The highest BCUT2D eigenvalue weighted by Crippen LogP contribution is 2.13. The lowest BCUT2D eigenvalue weighted by Gasteiger charge is -2.22. The summed E-state index contributed by atoms with van der Waals surface area (Å²) < 4.78 is 0. The van der Waals surface area contributed by atoms with Gasteiger partial charge < -0.3 is 5.32 Å². The number of hydrogen-bond donors (Lipinski definition) is 1. The molecule has 102 valence electrons. The molecule has 0 aliphatic heterocycles. The van der Waals surface area contributed by atoms with Gasteiger partial charge in [-0.3, -0.25) is 4.98 Å². The minimum Gasteiger partial charge on any atom is -0.308 e. The number of hydrogen-bond acceptors (Lipinski definition) is 3. The molecule has 3 nitrogen and oxygen atoms in total. The van der Waals surface area contributed by atoms with E-state index >= 15 is 0 Å². The number of aromatic nitrogens is 2. The Morgan fingerprint density at radius 1 is 1.11 bits per heavy atom. The zero-order valence-electron chi connectivity index (χ0n) is 12.1. The number of para-hydroxylation sites is 2. The first-order valence-electron chi connectivity index (χ1n) is 7.18. The molecule has 0 amide bonds. The van der Waals surface area contributed by atoms with Crippen LogP contribution in [-0.4, -0.2) is 16.0 Å². The first kappa shape index (κ1) is 13.9. The zero-order chi connectivity index (χ0) is 13.7. The summed E-state index contributed by atoms with van der Waals surface area (Å²) in [5.41, 5.74) is 2.94. The Morgan fingerprint density at radius 2 is 1.79 bits per heavy atom. The molecule has 0 radical (unpaired) electrons. The Bertz CT molecular complexity index is 520. The SMILES string of the molecule is CCC(CC)C(C)NCc1cnc2ccccc2n1. The molecule has 0 saturated heterocycles. The standard InChI is InChI=1S/C16H23N3/c1-4-13(5-2)12(3)17-10-14-11-18-15-8-6-7-9-16(15)19-14/h6-9,11-13,17H,4-5,10H2,1-3H3. The van der Waals surface area contributed by atoms with E-state index < -0.39 is 0 Å². The summed E-state index contributed by atoms with van der Waals surface area (Å²) in [5.74, 6) is 0.730. The minimum absolute atomic E-state index is 0.517. The third-order valence-electron chi connectivity index (χ3n) is 3.86. The van der Waals surface area contributed by atoms with Crippen LogP contribution >= 0.6 is 0 Å². The van der Waals surface area contributed by atoms with E-state index in [1.807, 2.05) is 30.5 Å². The average molecular weight is 257 g/mol. The highest BCUT2D eigenvalue weighted by atomic mass is 14.9. The molecular weight excluding hydrogens is 234 g/mol. The van der Waals surface area contributed by atoms with E-state index in [9.17, 15) is 0 Å². The van der Waals surface area contributed by atoms with Crippen molar-refractivity contribution in [1.82, 2.24) is 15.3 Å². The van der Waals surface area contributed by atoms with Crippen molar-refractivity contribution < 1.29 is 0 Å². The zero-order valence-corrected chi connectivity index (χ0v) is 12.1. The Morgan fingerprint density at radius 3 is 2.47 bits per heavy atom. The molecule has 0 spiro atoms. The number of rotatable bonds is 6. The summed E-state index contributed by atoms with van der Waals surface area (Å²) in [6.07, 6.45) is 4.30. The van der Waals surface area contributed by atoms with Gasteiger partial charge >= 0.3 is 0 Å². The molecule has 0 aliphatic rings. The van der Waals surface area contributed by atoms with Crippen LogP contribution in [0.5, 0.6) is 0 Å². The van der Waals surface area contributed by atoms with Crippen LogP contribution in [0, 0.1) is 5.92 Å². The predicted molar refractivity (Wildman–Crippen MR) is 79.9 cm³/mol. The smallest absolute Gasteiger partial charge is 0.0890 e. The lowest BCUT2D eigenvalue weighted by Crippen LogP contribution is -2.32. The fourth-order valence-corrected chi connectivity index (χ4v) is 2.51. The van der Waals surface area contributed by atoms with Crippen molar-refractivity contribution in [3.8, 4) is 0 Å². The maximum atomic E-state index is 4.63. The van der Waals surface area contributed by atoms with Gasteiger partial charge in [-0.15, -0.1) is 0 Å². The van der Waals surface area contributed by atoms with Crippen LogP contribution in [0.1, 0.15) is 39.3 Å². The van der Waals surface area contributed by atoms with Gasteiger partial charge in [0.05, 0.1) is 22.9 Å². The fraction of sp³-hybridized carbons (Fsp3) is 0.500. The highest BCUT2D eigenvalue weighted by Gasteiger charge is 2.12. The second kappa shape index (κ2) is 6.62. The largest absolute Gasteiger partial charge is 0.308 e. The van der Waals surface area contributed by atoms with Crippen LogP contribution in [0.4, 0.5) is 0 Å². The van der Waals surface area contributed by atoms with Gasteiger partial charge in [-0.1, -0.05) is 38.8 Å². The van der Waals surface area contributed by atoms with Crippen LogP contribution in [0.3, 0.4) is 0 Å². The summed E-state index contributed by atoms with van der Waals surface area (Å²) in [6, 6.07) is 8.51. The van der Waals surface area contributed by atoms with Crippen molar-refractivity contribution in [2.45, 2.75) is 46.2 Å². The third kappa shape index (κ3) is 3.51.